The Bertz CT molecular complexity index is 401. The number of carbonyl (C=O) groups excluding carboxylic acids is 1. The summed E-state index contributed by atoms with van der Waals surface area (Å²) in [6.07, 6.45) is 3.88. The highest BCUT2D eigenvalue weighted by molar-refractivity contribution is 5.85. The first-order chi connectivity index (χ1) is 9.83. The van der Waals surface area contributed by atoms with Crippen LogP contribution in [0.3, 0.4) is 0 Å². The van der Waals surface area contributed by atoms with Gasteiger partial charge in [0.15, 0.2) is 5.79 Å². The van der Waals surface area contributed by atoms with Crippen molar-refractivity contribution >= 4 is 11.9 Å². The molecule has 0 aromatic carbocycles. The molecule has 0 spiro atoms. The third-order valence-electron chi connectivity index (χ3n) is 4.36. The van der Waals surface area contributed by atoms with E-state index in [1.54, 1.807) is 0 Å². The van der Waals surface area contributed by atoms with E-state index in [0.717, 1.165) is 19.3 Å². The number of rotatable bonds is 5. The number of aliphatic carboxylic acids is 1. The lowest BCUT2D eigenvalue weighted by molar-refractivity contribution is -0.154. The van der Waals surface area contributed by atoms with Crippen LogP contribution in [0.15, 0.2) is 0 Å². The van der Waals surface area contributed by atoms with E-state index in [-0.39, 0.29) is 18.4 Å². The van der Waals surface area contributed by atoms with Crippen LogP contribution in [0.2, 0.25) is 0 Å². The Kier molecular flexibility index (Phi) is 4.88. The van der Waals surface area contributed by atoms with Crippen molar-refractivity contribution in [1.82, 2.24) is 5.32 Å². The smallest absolute Gasteiger partial charge is 0.310 e. The van der Waals surface area contributed by atoms with Gasteiger partial charge in [0.05, 0.1) is 12.0 Å². The summed E-state index contributed by atoms with van der Waals surface area (Å²) in [5.41, 5.74) is -0.880. The van der Waals surface area contributed by atoms with Crippen LogP contribution < -0.4 is 5.32 Å². The molecule has 1 saturated heterocycles. The van der Waals surface area contributed by atoms with E-state index in [0.29, 0.717) is 26.0 Å². The number of hydrogen-bond donors (Lipinski definition) is 2. The maximum absolute atomic E-state index is 12.1. The van der Waals surface area contributed by atoms with Crippen LogP contribution in [-0.4, -0.2) is 42.0 Å². The van der Waals surface area contributed by atoms with Gasteiger partial charge in [0.25, 0.3) is 0 Å². The normalized spacial score (nSPS) is 27.2. The van der Waals surface area contributed by atoms with Gasteiger partial charge in [-0.1, -0.05) is 19.3 Å². The zero-order valence-electron chi connectivity index (χ0n) is 12.8. The average molecular weight is 299 g/mol. The highest BCUT2D eigenvalue weighted by atomic mass is 16.7. The SMILES string of the molecule is CC1(C)OCC(CNC(=O)CC2(C(=O)O)CCCCC2)O1. The molecule has 1 unspecified atom stereocenters. The second kappa shape index (κ2) is 6.32. The first-order valence-electron chi connectivity index (χ1n) is 7.65. The molecule has 1 amide bonds. The zero-order chi connectivity index (χ0) is 15.5. The van der Waals surface area contributed by atoms with Gasteiger partial charge in [-0.2, -0.15) is 0 Å². The van der Waals surface area contributed by atoms with E-state index in [1.165, 1.54) is 0 Å². The van der Waals surface area contributed by atoms with Crippen molar-refractivity contribution < 1.29 is 24.2 Å². The largest absolute Gasteiger partial charge is 0.481 e. The van der Waals surface area contributed by atoms with E-state index in [9.17, 15) is 14.7 Å². The number of carbonyl (C=O) groups is 2. The van der Waals surface area contributed by atoms with E-state index in [2.05, 4.69) is 5.32 Å². The molecule has 0 radical (unpaired) electrons. The van der Waals surface area contributed by atoms with Gasteiger partial charge in [-0.15, -0.1) is 0 Å². The zero-order valence-corrected chi connectivity index (χ0v) is 12.8. The Balaban J connectivity index is 1.82. The summed E-state index contributed by atoms with van der Waals surface area (Å²) >= 11 is 0. The fourth-order valence-electron chi connectivity index (χ4n) is 3.16. The molecule has 1 aliphatic carbocycles. The van der Waals surface area contributed by atoms with E-state index < -0.39 is 17.2 Å². The summed E-state index contributed by atoms with van der Waals surface area (Å²) in [7, 11) is 0. The third kappa shape index (κ3) is 4.17. The van der Waals surface area contributed by atoms with Crippen molar-refractivity contribution in [2.75, 3.05) is 13.2 Å². The van der Waals surface area contributed by atoms with Crippen LogP contribution in [0.1, 0.15) is 52.4 Å². The highest BCUT2D eigenvalue weighted by Crippen LogP contribution is 2.39. The van der Waals surface area contributed by atoms with Crippen LogP contribution in [-0.2, 0) is 19.1 Å². The molecular formula is C15H25NO5. The van der Waals surface area contributed by atoms with Gasteiger partial charge in [-0.3, -0.25) is 9.59 Å². The molecule has 1 aliphatic heterocycles. The van der Waals surface area contributed by atoms with Gasteiger partial charge in [0, 0.05) is 13.0 Å². The van der Waals surface area contributed by atoms with E-state index in [4.69, 9.17) is 9.47 Å². The number of nitrogens with one attached hydrogen (secondary N) is 1. The first kappa shape index (κ1) is 16.2. The Morgan fingerprint density at radius 2 is 1.90 bits per heavy atom. The fraction of sp³-hybridized carbons (Fsp3) is 0.867. The lowest BCUT2D eigenvalue weighted by Crippen LogP contribution is -2.41. The number of carboxylic acid groups (broad SMARTS) is 1. The summed E-state index contributed by atoms with van der Waals surface area (Å²) in [6.45, 7) is 4.46. The Morgan fingerprint density at radius 1 is 1.24 bits per heavy atom. The van der Waals surface area contributed by atoms with Gasteiger partial charge >= 0.3 is 5.97 Å². The molecule has 1 heterocycles. The lowest BCUT2D eigenvalue weighted by atomic mass is 9.71. The third-order valence-corrected chi connectivity index (χ3v) is 4.36. The van der Waals surface area contributed by atoms with Crippen LogP contribution in [0.5, 0.6) is 0 Å². The summed E-state index contributed by atoms with van der Waals surface area (Å²) < 4.78 is 11.0. The molecule has 6 nitrogen and oxygen atoms in total. The van der Waals surface area contributed by atoms with Crippen molar-refractivity contribution in [2.24, 2.45) is 5.41 Å². The minimum atomic E-state index is -0.880. The lowest BCUT2D eigenvalue weighted by Gasteiger charge is -2.32. The molecule has 2 aliphatic rings. The van der Waals surface area contributed by atoms with Crippen LogP contribution in [0.4, 0.5) is 0 Å². The van der Waals surface area contributed by atoms with Crippen molar-refractivity contribution in [3.63, 3.8) is 0 Å². The molecule has 0 bridgehead atoms. The average Bonchev–Trinajstić information content (AvgIpc) is 2.77. The molecule has 2 N–H and O–H groups in total. The minimum Gasteiger partial charge on any atom is -0.481 e. The van der Waals surface area contributed by atoms with Crippen molar-refractivity contribution in [2.45, 2.75) is 64.3 Å². The van der Waals surface area contributed by atoms with Gasteiger partial charge in [0.1, 0.15) is 6.10 Å². The van der Waals surface area contributed by atoms with Gasteiger partial charge in [-0.25, -0.2) is 0 Å². The fourth-order valence-corrected chi connectivity index (χ4v) is 3.16. The molecule has 1 saturated carbocycles. The molecular weight excluding hydrogens is 274 g/mol. The molecule has 0 aromatic heterocycles. The summed E-state index contributed by atoms with van der Waals surface area (Å²) in [4.78, 5) is 23.6. The second-order valence-corrected chi connectivity index (χ2v) is 6.58. The van der Waals surface area contributed by atoms with Crippen LogP contribution in [0.25, 0.3) is 0 Å². The maximum Gasteiger partial charge on any atom is 0.310 e. The summed E-state index contributed by atoms with van der Waals surface area (Å²) in [6, 6.07) is 0. The van der Waals surface area contributed by atoms with Crippen molar-refractivity contribution in [1.29, 1.82) is 0 Å². The first-order valence-corrected chi connectivity index (χ1v) is 7.65. The Morgan fingerprint density at radius 3 is 2.43 bits per heavy atom. The summed E-state index contributed by atoms with van der Waals surface area (Å²) in [5, 5.41) is 12.2. The van der Waals surface area contributed by atoms with Gasteiger partial charge in [-0.05, 0) is 26.7 Å². The van der Waals surface area contributed by atoms with Crippen molar-refractivity contribution in [3.05, 3.63) is 0 Å². The van der Waals surface area contributed by atoms with E-state index >= 15 is 0 Å². The number of hydrogen-bond acceptors (Lipinski definition) is 4. The number of ether oxygens (including phenoxy) is 2. The topological polar surface area (TPSA) is 84.9 Å². The van der Waals surface area contributed by atoms with Crippen LogP contribution in [0, 0.1) is 5.41 Å². The predicted octanol–water partition coefficient (Wildman–Crippen LogP) is 1.68. The Labute approximate surface area is 125 Å². The van der Waals surface area contributed by atoms with E-state index in [1.807, 2.05) is 13.8 Å². The van der Waals surface area contributed by atoms with Gasteiger partial charge < -0.3 is 19.9 Å². The molecule has 2 rings (SSSR count). The summed E-state index contributed by atoms with van der Waals surface area (Å²) in [5.74, 6) is -1.67. The quantitative estimate of drug-likeness (QED) is 0.807. The highest BCUT2D eigenvalue weighted by Gasteiger charge is 2.41. The molecule has 0 aromatic rings. The van der Waals surface area contributed by atoms with Crippen LogP contribution >= 0.6 is 0 Å². The maximum atomic E-state index is 12.1. The number of amides is 1. The molecule has 120 valence electrons. The molecule has 21 heavy (non-hydrogen) atoms. The number of carboxylic acids is 1. The Hall–Kier alpha value is -1.14. The standard InChI is InChI=1S/C15H25NO5/c1-14(2)20-10-11(21-14)9-16-12(17)8-15(13(18)19)6-4-3-5-7-15/h11H,3-10H2,1-2H3,(H,16,17)(H,18,19). The predicted molar refractivity (Wildman–Crippen MR) is 75.7 cm³/mol. The monoisotopic (exact) mass is 299 g/mol. The minimum absolute atomic E-state index is 0.0549. The molecule has 1 atom stereocenters. The molecule has 6 heteroatoms. The van der Waals surface area contributed by atoms with Crippen molar-refractivity contribution in [3.8, 4) is 0 Å². The van der Waals surface area contributed by atoms with Gasteiger partial charge in [0.2, 0.25) is 5.91 Å². The second-order valence-electron chi connectivity index (χ2n) is 6.58. The molecule has 2 fully saturated rings.